The lowest BCUT2D eigenvalue weighted by Gasteiger charge is -2.35. The normalized spacial score (nSPS) is 21.6. The van der Waals surface area contributed by atoms with Crippen molar-refractivity contribution in [2.75, 3.05) is 51.3 Å². The van der Waals surface area contributed by atoms with E-state index in [0.29, 0.717) is 12.6 Å². The first kappa shape index (κ1) is 13.9. The van der Waals surface area contributed by atoms with Crippen molar-refractivity contribution in [1.82, 2.24) is 4.90 Å². The lowest BCUT2D eigenvalue weighted by atomic mass is 9.96. The number of ether oxygens (including phenoxy) is 1. The number of fused-ring (bicyclic) bond motifs is 1. The van der Waals surface area contributed by atoms with Gasteiger partial charge in [0.05, 0.1) is 13.2 Å². The first-order valence-corrected chi connectivity index (χ1v) is 7.65. The summed E-state index contributed by atoms with van der Waals surface area (Å²) in [6, 6.07) is 7.23. The Morgan fingerprint density at radius 1 is 1.25 bits per heavy atom. The molecule has 20 heavy (non-hydrogen) atoms. The number of rotatable bonds is 3. The van der Waals surface area contributed by atoms with Crippen LogP contribution in [0.1, 0.15) is 23.6 Å². The van der Waals surface area contributed by atoms with E-state index < -0.39 is 0 Å². The van der Waals surface area contributed by atoms with Crippen molar-refractivity contribution in [2.45, 2.75) is 18.9 Å². The number of aryl methyl sites for hydroxylation is 1. The van der Waals surface area contributed by atoms with Gasteiger partial charge in [-0.2, -0.15) is 0 Å². The predicted molar refractivity (Wildman–Crippen MR) is 82.2 cm³/mol. The van der Waals surface area contributed by atoms with Crippen LogP contribution in [-0.4, -0.2) is 51.3 Å². The Bertz CT molecular complexity index is 457. The van der Waals surface area contributed by atoms with Gasteiger partial charge in [0.15, 0.2) is 0 Å². The van der Waals surface area contributed by atoms with Crippen LogP contribution in [0.3, 0.4) is 0 Å². The van der Waals surface area contributed by atoms with Crippen LogP contribution in [0.25, 0.3) is 0 Å². The average molecular weight is 275 g/mol. The van der Waals surface area contributed by atoms with Crippen LogP contribution in [0, 0.1) is 0 Å². The van der Waals surface area contributed by atoms with Gasteiger partial charge in [-0.1, -0.05) is 12.1 Å². The van der Waals surface area contributed by atoms with E-state index in [1.165, 1.54) is 29.7 Å². The van der Waals surface area contributed by atoms with Gasteiger partial charge >= 0.3 is 0 Å². The Balaban J connectivity index is 1.84. The summed E-state index contributed by atoms with van der Waals surface area (Å²) >= 11 is 0. The van der Waals surface area contributed by atoms with Gasteiger partial charge in [0.25, 0.3) is 0 Å². The molecule has 0 unspecified atom stereocenters. The molecule has 1 atom stereocenters. The van der Waals surface area contributed by atoms with Crippen molar-refractivity contribution in [2.24, 2.45) is 5.73 Å². The fourth-order valence-corrected chi connectivity index (χ4v) is 3.40. The molecule has 0 saturated carbocycles. The maximum atomic E-state index is 6.05. The lowest BCUT2D eigenvalue weighted by Crippen LogP contribution is -2.41. The largest absolute Gasteiger partial charge is 0.379 e. The Kier molecular flexibility index (Phi) is 4.24. The highest BCUT2D eigenvalue weighted by atomic mass is 16.5. The highest BCUT2D eigenvalue weighted by Crippen LogP contribution is 2.30. The van der Waals surface area contributed by atoms with Crippen molar-refractivity contribution in [3.63, 3.8) is 0 Å². The highest BCUT2D eigenvalue weighted by Gasteiger charge is 2.23. The summed E-state index contributed by atoms with van der Waals surface area (Å²) in [7, 11) is 2.18. The van der Waals surface area contributed by atoms with Gasteiger partial charge < -0.3 is 15.4 Å². The minimum absolute atomic E-state index is 0.330. The molecule has 2 aliphatic heterocycles. The molecule has 4 heteroatoms. The molecule has 2 aliphatic rings. The minimum Gasteiger partial charge on any atom is -0.379 e. The molecule has 0 aliphatic carbocycles. The molecule has 0 aromatic heterocycles. The molecule has 0 bridgehead atoms. The number of morpholine rings is 1. The van der Waals surface area contributed by atoms with Crippen LogP contribution in [0.5, 0.6) is 0 Å². The summed E-state index contributed by atoms with van der Waals surface area (Å²) in [6.45, 7) is 5.46. The fourth-order valence-electron chi connectivity index (χ4n) is 3.40. The third kappa shape index (κ3) is 2.68. The van der Waals surface area contributed by atoms with Crippen molar-refractivity contribution in [3.05, 3.63) is 29.3 Å². The van der Waals surface area contributed by atoms with E-state index in [1.54, 1.807) is 0 Å². The van der Waals surface area contributed by atoms with Gasteiger partial charge in [0, 0.05) is 45.0 Å². The molecule has 1 aromatic carbocycles. The molecule has 1 fully saturated rings. The molecule has 1 saturated heterocycles. The van der Waals surface area contributed by atoms with Gasteiger partial charge in [-0.05, 0) is 30.0 Å². The third-order valence-electron chi connectivity index (χ3n) is 4.55. The van der Waals surface area contributed by atoms with Crippen LogP contribution >= 0.6 is 0 Å². The molecule has 110 valence electrons. The zero-order valence-electron chi connectivity index (χ0n) is 12.3. The standard InChI is InChI=1S/C16H25N3O/c1-18-6-2-3-13-11-14(4-5-15(13)18)16(12-17)19-7-9-20-10-8-19/h4-5,11,16H,2-3,6-10,12,17H2,1H3/t16-/m1/s1. The Morgan fingerprint density at radius 3 is 2.80 bits per heavy atom. The molecule has 2 heterocycles. The molecular formula is C16H25N3O. The quantitative estimate of drug-likeness (QED) is 0.905. The monoisotopic (exact) mass is 275 g/mol. The number of nitrogens with zero attached hydrogens (tertiary/aromatic N) is 2. The van der Waals surface area contributed by atoms with E-state index in [1.807, 2.05) is 0 Å². The lowest BCUT2D eigenvalue weighted by molar-refractivity contribution is 0.0179. The van der Waals surface area contributed by atoms with Gasteiger partial charge in [-0.15, -0.1) is 0 Å². The Labute approximate surface area is 121 Å². The molecule has 2 N–H and O–H groups in total. The SMILES string of the molecule is CN1CCCc2cc([C@@H](CN)N3CCOCC3)ccc21. The van der Waals surface area contributed by atoms with Crippen molar-refractivity contribution < 1.29 is 4.74 Å². The number of anilines is 1. The predicted octanol–water partition coefficient (Wildman–Crippen LogP) is 1.40. The van der Waals surface area contributed by atoms with Gasteiger partial charge in [0.2, 0.25) is 0 Å². The molecule has 3 rings (SSSR count). The van der Waals surface area contributed by atoms with Gasteiger partial charge in [0.1, 0.15) is 0 Å². The first-order chi connectivity index (χ1) is 9.79. The molecule has 0 amide bonds. The molecule has 0 radical (unpaired) electrons. The molecule has 4 nitrogen and oxygen atoms in total. The molecule has 1 aromatic rings. The summed E-state index contributed by atoms with van der Waals surface area (Å²) in [4.78, 5) is 4.81. The van der Waals surface area contributed by atoms with Crippen molar-refractivity contribution in [1.29, 1.82) is 0 Å². The Hall–Kier alpha value is -1.10. The average Bonchev–Trinajstić information content (AvgIpc) is 2.49. The summed E-state index contributed by atoms with van der Waals surface area (Å²) in [5.74, 6) is 0. The highest BCUT2D eigenvalue weighted by molar-refractivity contribution is 5.56. The number of nitrogens with two attached hydrogens (primary N) is 1. The van der Waals surface area contributed by atoms with Crippen LogP contribution in [0.15, 0.2) is 18.2 Å². The van der Waals surface area contributed by atoms with Crippen LogP contribution in [-0.2, 0) is 11.2 Å². The zero-order valence-corrected chi connectivity index (χ0v) is 12.3. The van der Waals surface area contributed by atoms with Gasteiger partial charge in [-0.25, -0.2) is 0 Å². The van der Waals surface area contributed by atoms with Gasteiger partial charge in [-0.3, -0.25) is 4.90 Å². The maximum Gasteiger partial charge on any atom is 0.0594 e. The molecule has 0 spiro atoms. The minimum atomic E-state index is 0.330. The maximum absolute atomic E-state index is 6.05. The van der Waals surface area contributed by atoms with Crippen molar-refractivity contribution >= 4 is 5.69 Å². The fraction of sp³-hybridized carbons (Fsp3) is 0.625. The van der Waals surface area contributed by atoms with Crippen LogP contribution in [0.2, 0.25) is 0 Å². The third-order valence-corrected chi connectivity index (χ3v) is 4.55. The number of hydrogen-bond donors (Lipinski definition) is 1. The van der Waals surface area contributed by atoms with Crippen LogP contribution < -0.4 is 10.6 Å². The first-order valence-electron chi connectivity index (χ1n) is 7.65. The smallest absolute Gasteiger partial charge is 0.0594 e. The zero-order chi connectivity index (χ0) is 13.9. The molecular weight excluding hydrogens is 250 g/mol. The van der Waals surface area contributed by atoms with Crippen molar-refractivity contribution in [3.8, 4) is 0 Å². The van der Waals surface area contributed by atoms with E-state index in [4.69, 9.17) is 10.5 Å². The van der Waals surface area contributed by atoms with E-state index in [0.717, 1.165) is 32.8 Å². The number of hydrogen-bond acceptors (Lipinski definition) is 4. The van der Waals surface area contributed by atoms with E-state index >= 15 is 0 Å². The summed E-state index contributed by atoms with van der Waals surface area (Å²) in [5, 5.41) is 0. The van der Waals surface area contributed by atoms with E-state index in [-0.39, 0.29) is 0 Å². The summed E-state index contributed by atoms with van der Waals surface area (Å²) < 4.78 is 5.45. The second kappa shape index (κ2) is 6.12. The van der Waals surface area contributed by atoms with E-state index in [2.05, 4.69) is 35.0 Å². The topological polar surface area (TPSA) is 41.7 Å². The second-order valence-electron chi connectivity index (χ2n) is 5.81. The summed E-state index contributed by atoms with van der Waals surface area (Å²) in [5.41, 5.74) is 10.3. The number of benzene rings is 1. The summed E-state index contributed by atoms with van der Waals surface area (Å²) in [6.07, 6.45) is 2.44. The van der Waals surface area contributed by atoms with Crippen LogP contribution in [0.4, 0.5) is 5.69 Å². The Morgan fingerprint density at radius 2 is 2.05 bits per heavy atom. The van der Waals surface area contributed by atoms with E-state index in [9.17, 15) is 0 Å². The second-order valence-corrected chi connectivity index (χ2v) is 5.81.